The average Bonchev–Trinajstić information content (AvgIpc) is 2.15. The van der Waals surface area contributed by atoms with E-state index in [0.717, 1.165) is 0 Å². The number of nitrogens with two attached hydrogens (primary N) is 1. The third-order valence-corrected chi connectivity index (χ3v) is 1.85. The molecule has 0 fully saturated rings. The summed E-state index contributed by atoms with van der Waals surface area (Å²) in [6.45, 7) is 5.32. The van der Waals surface area contributed by atoms with Crippen LogP contribution in [0.4, 0.5) is 0 Å². The van der Waals surface area contributed by atoms with Gasteiger partial charge >= 0.3 is 5.97 Å². The maximum atomic E-state index is 11.6. The highest BCUT2D eigenvalue weighted by molar-refractivity contribution is 5.77. The highest BCUT2D eigenvalue weighted by Crippen LogP contribution is 2.15. The molecule has 16 heavy (non-hydrogen) atoms. The molecule has 2 N–H and O–H groups in total. The number of carbonyl (C=O) groups is 1. The molecule has 5 heteroatoms. The number of hydrogen-bond acceptors (Lipinski definition) is 4. The monoisotopic (exact) mass is 224 g/mol. The van der Waals surface area contributed by atoms with Gasteiger partial charge in [-0.05, 0) is 26.3 Å². The van der Waals surface area contributed by atoms with Crippen molar-refractivity contribution < 1.29 is 14.3 Å². The molecule has 0 spiro atoms. The number of rotatable bonds is 2. The summed E-state index contributed by atoms with van der Waals surface area (Å²) in [6, 6.07) is 2.14. The van der Waals surface area contributed by atoms with Crippen molar-refractivity contribution in [2.45, 2.75) is 32.4 Å². The summed E-state index contributed by atoms with van der Waals surface area (Å²) < 4.78 is 5.77. The van der Waals surface area contributed by atoms with Crippen molar-refractivity contribution in [3.63, 3.8) is 0 Å². The number of carbonyl (C=O) groups excluding carboxylic acids is 1. The Morgan fingerprint density at radius 3 is 2.38 bits per heavy atom. The summed E-state index contributed by atoms with van der Waals surface area (Å²) in [4.78, 5) is 11.6. The zero-order valence-corrected chi connectivity index (χ0v) is 9.64. The second kappa shape index (κ2) is 4.49. The Kier molecular flexibility index (Phi) is 3.49. The third-order valence-electron chi connectivity index (χ3n) is 1.85. The van der Waals surface area contributed by atoms with Gasteiger partial charge in [0, 0.05) is 12.1 Å². The van der Waals surface area contributed by atoms with E-state index < -0.39 is 17.6 Å². The van der Waals surface area contributed by atoms with Crippen LogP contribution in [-0.2, 0) is 9.53 Å². The normalized spacial score (nSPS) is 13.2. The molecule has 0 saturated heterocycles. The van der Waals surface area contributed by atoms with Gasteiger partial charge < -0.3 is 15.7 Å². The van der Waals surface area contributed by atoms with Crippen LogP contribution >= 0.6 is 0 Å². The topological polar surface area (TPSA) is 79.3 Å². The SMILES string of the molecule is CC(C)(C)OC(=O)C(N)c1cc[n+]([O-])cc1. The molecule has 0 bridgehead atoms. The molecule has 0 radical (unpaired) electrons. The highest BCUT2D eigenvalue weighted by Gasteiger charge is 2.23. The Hall–Kier alpha value is -1.62. The fourth-order valence-corrected chi connectivity index (χ4v) is 1.13. The number of hydrogen-bond donors (Lipinski definition) is 1. The first-order chi connectivity index (χ1) is 7.29. The predicted molar refractivity (Wildman–Crippen MR) is 58.2 cm³/mol. The van der Waals surface area contributed by atoms with Crippen molar-refractivity contribution >= 4 is 5.97 Å². The second-order valence-electron chi connectivity index (χ2n) is 4.50. The number of pyridine rings is 1. The van der Waals surface area contributed by atoms with Gasteiger partial charge in [0.25, 0.3) is 0 Å². The van der Waals surface area contributed by atoms with E-state index in [9.17, 15) is 10.0 Å². The summed E-state index contributed by atoms with van der Waals surface area (Å²) in [5.74, 6) is -0.504. The Morgan fingerprint density at radius 2 is 1.94 bits per heavy atom. The van der Waals surface area contributed by atoms with Crippen LogP contribution in [0.15, 0.2) is 24.5 Å². The third kappa shape index (κ3) is 3.51. The largest absolute Gasteiger partial charge is 0.619 e. The second-order valence-corrected chi connectivity index (χ2v) is 4.50. The molecule has 1 heterocycles. The van der Waals surface area contributed by atoms with Gasteiger partial charge in [0.15, 0.2) is 12.4 Å². The van der Waals surface area contributed by atoms with Crippen LogP contribution in [0, 0.1) is 5.21 Å². The lowest BCUT2D eigenvalue weighted by Crippen LogP contribution is -2.32. The molecule has 1 aromatic rings. The fourth-order valence-electron chi connectivity index (χ4n) is 1.13. The molecule has 1 rings (SSSR count). The molecule has 1 unspecified atom stereocenters. The minimum Gasteiger partial charge on any atom is -0.619 e. The van der Waals surface area contributed by atoms with Gasteiger partial charge in [0.2, 0.25) is 0 Å². The predicted octanol–water partition coefficient (Wildman–Crippen LogP) is 0.661. The van der Waals surface area contributed by atoms with Gasteiger partial charge in [0.05, 0.1) is 0 Å². The summed E-state index contributed by atoms with van der Waals surface area (Å²) in [5, 5.41) is 10.8. The summed E-state index contributed by atoms with van der Waals surface area (Å²) in [6.07, 6.45) is 2.58. The molecular weight excluding hydrogens is 208 g/mol. The lowest BCUT2D eigenvalue weighted by molar-refractivity contribution is -0.605. The van der Waals surface area contributed by atoms with E-state index >= 15 is 0 Å². The number of esters is 1. The minimum absolute atomic E-state index is 0.504. The van der Waals surface area contributed by atoms with Gasteiger partial charge in [-0.25, -0.2) is 4.79 Å². The van der Waals surface area contributed by atoms with E-state index in [0.29, 0.717) is 10.3 Å². The Morgan fingerprint density at radius 1 is 1.44 bits per heavy atom. The van der Waals surface area contributed by atoms with Crippen molar-refractivity contribution in [3.8, 4) is 0 Å². The van der Waals surface area contributed by atoms with Gasteiger partial charge in [-0.15, -0.1) is 0 Å². The zero-order valence-electron chi connectivity index (χ0n) is 9.64. The quantitative estimate of drug-likeness (QED) is 0.454. The van der Waals surface area contributed by atoms with Crippen LogP contribution in [0.3, 0.4) is 0 Å². The Bertz CT molecular complexity index is 368. The van der Waals surface area contributed by atoms with E-state index in [-0.39, 0.29) is 0 Å². The first-order valence-electron chi connectivity index (χ1n) is 4.97. The lowest BCUT2D eigenvalue weighted by Gasteiger charge is -2.22. The molecule has 5 nitrogen and oxygen atoms in total. The molecule has 1 aromatic heterocycles. The van der Waals surface area contributed by atoms with Gasteiger partial charge in [-0.1, -0.05) is 0 Å². The summed E-state index contributed by atoms with van der Waals surface area (Å²) in [7, 11) is 0. The summed E-state index contributed by atoms with van der Waals surface area (Å²) in [5.41, 5.74) is 5.70. The summed E-state index contributed by atoms with van der Waals surface area (Å²) >= 11 is 0. The minimum atomic E-state index is -0.861. The Labute approximate surface area is 94.4 Å². The van der Waals surface area contributed by atoms with Crippen LogP contribution in [-0.4, -0.2) is 11.6 Å². The fraction of sp³-hybridized carbons (Fsp3) is 0.455. The van der Waals surface area contributed by atoms with Crippen LogP contribution < -0.4 is 10.5 Å². The molecule has 0 amide bonds. The first-order valence-corrected chi connectivity index (χ1v) is 4.97. The van der Waals surface area contributed by atoms with Crippen LogP contribution in [0.1, 0.15) is 32.4 Å². The maximum Gasteiger partial charge on any atom is 0.328 e. The molecule has 0 aliphatic carbocycles. The lowest BCUT2D eigenvalue weighted by atomic mass is 10.1. The molecule has 0 saturated carbocycles. The van der Waals surface area contributed by atoms with E-state index in [2.05, 4.69) is 0 Å². The standard InChI is InChI=1S/C11H16N2O3/c1-11(2,3)16-10(14)9(12)8-4-6-13(15)7-5-8/h4-7,9H,12H2,1-3H3. The van der Waals surface area contributed by atoms with Gasteiger partial charge in [-0.3, -0.25) is 0 Å². The highest BCUT2D eigenvalue weighted by atomic mass is 16.6. The van der Waals surface area contributed by atoms with Crippen LogP contribution in [0.2, 0.25) is 0 Å². The smallest absolute Gasteiger partial charge is 0.328 e. The molecule has 0 aliphatic heterocycles. The van der Waals surface area contributed by atoms with Gasteiger partial charge in [-0.2, -0.15) is 4.73 Å². The van der Waals surface area contributed by atoms with E-state index in [4.69, 9.17) is 10.5 Å². The van der Waals surface area contributed by atoms with Gasteiger partial charge in [0.1, 0.15) is 11.6 Å². The molecule has 0 aromatic carbocycles. The van der Waals surface area contributed by atoms with Crippen molar-refractivity contribution in [2.75, 3.05) is 0 Å². The van der Waals surface area contributed by atoms with Crippen LogP contribution in [0.25, 0.3) is 0 Å². The van der Waals surface area contributed by atoms with E-state index in [1.54, 1.807) is 20.8 Å². The average molecular weight is 224 g/mol. The number of aromatic nitrogens is 1. The zero-order chi connectivity index (χ0) is 12.3. The molecule has 0 aliphatic rings. The molecule has 88 valence electrons. The van der Waals surface area contributed by atoms with Crippen molar-refractivity contribution in [1.82, 2.24) is 0 Å². The van der Waals surface area contributed by atoms with Crippen molar-refractivity contribution in [2.24, 2.45) is 5.73 Å². The van der Waals surface area contributed by atoms with Crippen molar-refractivity contribution in [1.29, 1.82) is 0 Å². The number of ether oxygens (including phenoxy) is 1. The number of nitrogens with zero attached hydrogens (tertiary/aromatic N) is 1. The van der Waals surface area contributed by atoms with Crippen LogP contribution in [0.5, 0.6) is 0 Å². The Balaban J connectivity index is 2.74. The van der Waals surface area contributed by atoms with Crippen molar-refractivity contribution in [3.05, 3.63) is 35.3 Å². The van der Waals surface area contributed by atoms with E-state index in [1.165, 1.54) is 24.5 Å². The molecule has 1 atom stereocenters. The first kappa shape index (κ1) is 12.4. The van der Waals surface area contributed by atoms with E-state index in [1.807, 2.05) is 0 Å². The molecular formula is C11H16N2O3. The maximum absolute atomic E-state index is 11.6.